The van der Waals surface area contributed by atoms with E-state index in [0.717, 1.165) is 31.4 Å². The van der Waals surface area contributed by atoms with Crippen molar-refractivity contribution in [3.63, 3.8) is 0 Å². The van der Waals surface area contributed by atoms with Crippen molar-refractivity contribution < 1.29 is 4.74 Å². The lowest BCUT2D eigenvalue weighted by Gasteiger charge is -2.12. The largest absolute Gasteiger partial charge is 0.494 e. The summed E-state index contributed by atoms with van der Waals surface area (Å²) in [6.45, 7) is 2.84. The summed E-state index contributed by atoms with van der Waals surface area (Å²) in [5, 5.41) is 3.45. The van der Waals surface area contributed by atoms with Gasteiger partial charge in [0.2, 0.25) is 0 Å². The molecule has 0 bridgehead atoms. The number of rotatable bonds is 4. The van der Waals surface area contributed by atoms with Crippen LogP contribution in [-0.4, -0.2) is 7.11 Å². The number of ether oxygens (including phenoxy) is 1. The lowest BCUT2D eigenvalue weighted by Crippen LogP contribution is -2.01. The van der Waals surface area contributed by atoms with Gasteiger partial charge in [-0.25, -0.2) is 0 Å². The molecular formula is C15H14Br3NO. The van der Waals surface area contributed by atoms with E-state index in [4.69, 9.17) is 4.74 Å². The van der Waals surface area contributed by atoms with E-state index in [9.17, 15) is 0 Å². The molecule has 0 aliphatic rings. The summed E-state index contributed by atoms with van der Waals surface area (Å²) < 4.78 is 8.29. The predicted molar refractivity (Wildman–Crippen MR) is 94.6 cm³/mol. The third-order valence-electron chi connectivity index (χ3n) is 2.93. The minimum atomic E-state index is 0.754. The zero-order chi connectivity index (χ0) is 14.7. The number of nitrogens with one attached hydrogen (secondary N) is 1. The van der Waals surface area contributed by atoms with Crippen LogP contribution in [0.3, 0.4) is 0 Å². The van der Waals surface area contributed by atoms with Crippen LogP contribution in [0.25, 0.3) is 0 Å². The van der Waals surface area contributed by atoms with E-state index in [1.807, 2.05) is 6.07 Å². The molecule has 2 nitrogen and oxygen atoms in total. The summed E-state index contributed by atoms with van der Waals surface area (Å²) in [6, 6.07) is 10.3. The maximum absolute atomic E-state index is 5.31. The second-order valence-electron chi connectivity index (χ2n) is 4.41. The van der Waals surface area contributed by atoms with Crippen molar-refractivity contribution in [1.29, 1.82) is 0 Å². The highest BCUT2D eigenvalue weighted by Crippen LogP contribution is 2.34. The maximum Gasteiger partial charge on any atom is 0.147 e. The topological polar surface area (TPSA) is 21.3 Å². The van der Waals surface area contributed by atoms with Gasteiger partial charge in [0, 0.05) is 16.7 Å². The van der Waals surface area contributed by atoms with E-state index in [2.05, 4.69) is 84.3 Å². The van der Waals surface area contributed by atoms with Crippen LogP contribution < -0.4 is 10.1 Å². The molecule has 2 aromatic rings. The number of methoxy groups -OCH3 is 1. The van der Waals surface area contributed by atoms with Gasteiger partial charge in [-0.05, 0) is 80.2 Å². The van der Waals surface area contributed by atoms with Gasteiger partial charge in [-0.15, -0.1) is 0 Å². The maximum atomic E-state index is 5.31. The molecule has 106 valence electrons. The van der Waals surface area contributed by atoms with Crippen LogP contribution in [0.15, 0.2) is 43.7 Å². The molecule has 0 radical (unpaired) electrons. The second kappa shape index (κ2) is 6.96. The Labute approximate surface area is 144 Å². The van der Waals surface area contributed by atoms with Crippen LogP contribution in [0, 0.1) is 6.92 Å². The second-order valence-corrected chi connectivity index (χ2v) is 7.03. The van der Waals surface area contributed by atoms with Crippen molar-refractivity contribution in [2.75, 3.05) is 12.4 Å². The van der Waals surface area contributed by atoms with E-state index >= 15 is 0 Å². The molecule has 2 aromatic carbocycles. The number of hydrogen-bond donors (Lipinski definition) is 1. The highest BCUT2D eigenvalue weighted by atomic mass is 79.9. The summed E-state index contributed by atoms with van der Waals surface area (Å²) in [6.07, 6.45) is 0. The average molecular weight is 464 g/mol. The molecule has 0 heterocycles. The Balaban J connectivity index is 2.15. The molecule has 0 aliphatic heterocycles. The van der Waals surface area contributed by atoms with E-state index in [-0.39, 0.29) is 0 Å². The first-order valence-corrected chi connectivity index (χ1v) is 8.41. The zero-order valence-electron chi connectivity index (χ0n) is 11.1. The van der Waals surface area contributed by atoms with Crippen LogP contribution in [-0.2, 0) is 6.54 Å². The molecule has 0 spiro atoms. The molecular weight excluding hydrogens is 450 g/mol. The Morgan fingerprint density at radius 2 is 1.70 bits per heavy atom. The van der Waals surface area contributed by atoms with Crippen LogP contribution in [0.1, 0.15) is 11.1 Å². The standard InChI is InChI=1S/C15H14Br3NO/c1-9-5-11(16)3-4-14(9)19-8-10-6-12(17)15(20-2)13(18)7-10/h3-7,19H,8H2,1-2H3. The third-order valence-corrected chi connectivity index (χ3v) is 4.60. The molecule has 0 aliphatic carbocycles. The monoisotopic (exact) mass is 461 g/mol. The van der Waals surface area contributed by atoms with Gasteiger partial charge in [-0.1, -0.05) is 15.9 Å². The summed E-state index contributed by atoms with van der Waals surface area (Å²) in [7, 11) is 1.66. The fraction of sp³-hybridized carbons (Fsp3) is 0.200. The molecule has 1 N–H and O–H groups in total. The molecule has 5 heteroatoms. The Hall–Kier alpha value is -0.520. The Morgan fingerprint density at radius 3 is 2.25 bits per heavy atom. The van der Waals surface area contributed by atoms with Crippen LogP contribution in [0.5, 0.6) is 5.75 Å². The van der Waals surface area contributed by atoms with Gasteiger partial charge >= 0.3 is 0 Å². The smallest absolute Gasteiger partial charge is 0.147 e. The fourth-order valence-electron chi connectivity index (χ4n) is 1.93. The van der Waals surface area contributed by atoms with Crippen molar-refractivity contribution >= 4 is 53.5 Å². The van der Waals surface area contributed by atoms with Crippen molar-refractivity contribution in [1.82, 2.24) is 0 Å². The number of halogens is 3. The van der Waals surface area contributed by atoms with Gasteiger partial charge in [0.25, 0.3) is 0 Å². The minimum Gasteiger partial charge on any atom is -0.494 e. The van der Waals surface area contributed by atoms with Gasteiger partial charge in [0.1, 0.15) is 5.75 Å². The van der Waals surface area contributed by atoms with E-state index in [1.54, 1.807) is 7.11 Å². The summed E-state index contributed by atoms with van der Waals surface area (Å²) >= 11 is 10.5. The molecule has 0 amide bonds. The number of aryl methyl sites for hydroxylation is 1. The summed E-state index contributed by atoms with van der Waals surface area (Å²) in [5.41, 5.74) is 3.52. The Kier molecular flexibility index (Phi) is 5.52. The van der Waals surface area contributed by atoms with Crippen molar-refractivity contribution in [3.8, 4) is 5.75 Å². The third kappa shape index (κ3) is 3.77. The number of hydrogen-bond acceptors (Lipinski definition) is 2. The summed E-state index contributed by atoms with van der Waals surface area (Å²) in [5.74, 6) is 0.813. The first kappa shape index (κ1) is 15.9. The van der Waals surface area contributed by atoms with Crippen LogP contribution in [0.4, 0.5) is 5.69 Å². The fourth-order valence-corrected chi connectivity index (χ4v) is 4.01. The molecule has 20 heavy (non-hydrogen) atoms. The van der Waals surface area contributed by atoms with Crippen molar-refractivity contribution in [2.45, 2.75) is 13.5 Å². The van der Waals surface area contributed by atoms with Crippen LogP contribution >= 0.6 is 47.8 Å². The molecule has 0 unspecified atom stereocenters. The van der Waals surface area contributed by atoms with Crippen molar-refractivity contribution in [3.05, 3.63) is 54.9 Å². The Morgan fingerprint density at radius 1 is 1.05 bits per heavy atom. The lowest BCUT2D eigenvalue weighted by atomic mass is 10.1. The van der Waals surface area contributed by atoms with Gasteiger partial charge in [-0.3, -0.25) is 0 Å². The predicted octanol–water partition coefficient (Wildman–Crippen LogP) is 5.90. The van der Waals surface area contributed by atoms with Gasteiger partial charge < -0.3 is 10.1 Å². The molecule has 2 rings (SSSR count). The SMILES string of the molecule is COc1c(Br)cc(CNc2ccc(Br)cc2C)cc1Br. The first-order valence-electron chi connectivity index (χ1n) is 6.03. The molecule has 0 saturated heterocycles. The van der Waals surface area contributed by atoms with Gasteiger partial charge in [0.05, 0.1) is 16.1 Å². The molecule has 0 fully saturated rings. The highest BCUT2D eigenvalue weighted by Gasteiger charge is 2.08. The number of anilines is 1. The highest BCUT2D eigenvalue weighted by molar-refractivity contribution is 9.11. The van der Waals surface area contributed by atoms with E-state index in [1.165, 1.54) is 11.1 Å². The van der Waals surface area contributed by atoms with E-state index in [0.29, 0.717) is 0 Å². The quantitative estimate of drug-likeness (QED) is 0.609. The van der Waals surface area contributed by atoms with Crippen molar-refractivity contribution in [2.24, 2.45) is 0 Å². The number of benzene rings is 2. The average Bonchev–Trinajstić information content (AvgIpc) is 2.37. The zero-order valence-corrected chi connectivity index (χ0v) is 15.9. The first-order chi connectivity index (χ1) is 9.51. The lowest BCUT2D eigenvalue weighted by molar-refractivity contribution is 0.409. The minimum absolute atomic E-state index is 0.754. The molecule has 0 atom stereocenters. The molecule has 0 saturated carbocycles. The molecule has 0 aromatic heterocycles. The van der Waals surface area contributed by atoms with Crippen LogP contribution in [0.2, 0.25) is 0 Å². The van der Waals surface area contributed by atoms with E-state index < -0.39 is 0 Å². The van der Waals surface area contributed by atoms with Gasteiger partial charge in [-0.2, -0.15) is 0 Å². The Bertz CT molecular complexity index is 606. The summed E-state index contributed by atoms with van der Waals surface area (Å²) in [4.78, 5) is 0. The normalized spacial score (nSPS) is 10.4. The van der Waals surface area contributed by atoms with Gasteiger partial charge in [0.15, 0.2) is 0 Å².